The molecule has 1 saturated heterocycles. The van der Waals surface area contributed by atoms with Crippen molar-refractivity contribution >= 4 is 101 Å². The lowest BCUT2D eigenvalue weighted by Crippen LogP contribution is -2.55. The molecule has 0 saturated carbocycles. The van der Waals surface area contributed by atoms with Crippen LogP contribution in [0.15, 0.2) is 97.1 Å². The Kier molecular flexibility index (Phi) is 7.46. The van der Waals surface area contributed by atoms with E-state index in [4.69, 9.17) is 9.31 Å². The lowest BCUT2D eigenvalue weighted by molar-refractivity contribution is 0.00578. The highest BCUT2D eigenvalue weighted by Gasteiger charge is 2.51. The molecule has 0 aliphatic carbocycles. The van der Waals surface area contributed by atoms with Crippen LogP contribution in [0.1, 0.15) is 27.7 Å². The Labute approximate surface area is 278 Å². The number of rotatable bonds is 4. The fraction of sp³-hybridized carbons (Fsp3) is 0.158. The van der Waals surface area contributed by atoms with Gasteiger partial charge >= 0.3 is 7.12 Å². The van der Waals surface area contributed by atoms with E-state index in [0.717, 1.165) is 11.0 Å². The number of fused-ring (bicyclic) bond motifs is 2. The maximum Gasteiger partial charge on any atom is 0.494 e. The smallest absolute Gasteiger partial charge is 0.399 e. The van der Waals surface area contributed by atoms with E-state index < -0.39 is 18.3 Å². The van der Waals surface area contributed by atoms with Gasteiger partial charge in [-0.25, -0.2) is 0 Å². The lowest BCUT2D eigenvalue weighted by Gasteiger charge is -2.32. The normalized spacial score (nSPS) is 15.5. The minimum Gasteiger partial charge on any atom is -0.399 e. The van der Waals surface area contributed by atoms with Gasteiger partial charge in [0.05, 0.1) is 11.2 Å². The summed E-state index contributed by atoms with van der Waals surface area (Å²) in [6.45, 7) is 8.48. The van der Waals surface area contributed by atoms with Gasteiger partial charge in [0.2, 0.25) is 0 Å². The van der Waals surface area contributed by atoms with E-state index >= 15 is 0 Å². The molecule has 7 rings (SSSR count). The summed E-state index contributed by atoms with van der Waals surface area (Å²) < 4.78 is 13.2. The van der Waals surface area contributed by atoms with Crippen LogP contribution in [0.4, 0.5) is 0 Å². The molecule has 8 heteroatoms. The van der Waals surface area contributed by atoms with Gasteiger partial charge in [-0.1, -0.05) is 89.8 Å². The van der Waals surface area contributed by atoms with E-state index in [9.17, 15) is 0 Å². The molecule has 0 spiro atoms. The van der Waals surface area contributed by atoms with Crippen LogP contribution in [0.25, 0.3) is 54.9 Å². The van der Waals surface area contributed by atoms with Gasteiger partial charge in [-0.15, -0.1) is 16.4 Å². The van der Waals surface area contributed by atoms with Crippen LogP contribution < -0.4 is 32.8 Å². The van der Waals surface area contributed by atoms with Crippen LogP contribution in [-0.2, 0) is 9.31 Å². The van der Waals surface area contributed by atoms with E-state index in [0.29, 0.717) is 0 Å². The summed E-state index contributed by atoms with van der Waals surface area (Å²) in [4.78, 5) is 0. The molecule has 1 fully saturated rings. The maximum atomic E-state index is 6.59. The molecule has 0 radical (unpaired) electrons. The van der Waals surface area contributed by atoms with Crippen molar-refractivity contribution in [1.82, 2.24) is 0 Å². The van der Waals surface area contributed by atoms with Crippen molar-refractivity contribution in [2.45, 2.75) is 38.9 Å². The zero-order valence-electron chi connectivity index (χ0n) is 28.6. The van der Waals surface area contributed by atoms with Crippen molar-refractivity contribution in [3.63, 3.8) is 0 Å². The van der Waals surface area contributed by atoms with Crippen LogP contribution in [0.3, 0.4) is 0 Å². The van der Waals surface area contributed by atoms with Gasteiger partial charge in [0, 0.05) is 0 Å². The highest BCUT2D eigenvalue weighted by Crippen LogP contribution is 2.38. The highest BCUT2D eigenvalue weighted by molar-refractivity contribution is 6.69. The van der Waals surface area contributed by atoms with Gasteiger partial charge < -0.3 is 9.31 Å². The maximum absolute atomic E-state index is 6.59. The van der Waals surface area contributed by atoms with Gasteiger partial charge in [-0.3, -0.25) is 0 Å². The molecule has 6 aromatic rings. The summed E-state index contributed by atoms with van der Waals surface area (Å²) in [7, 11) is 10.8. The molecular weight excluding hydrogens is 553 g/mol. The molecule has 1 aliphatic rings. The third kappa shape index (κ3) is 5.07. The molecule has 220 valence electrons. The average molecular weight is 592 g/mol. The average Bonchev–Trinajstić information content (AvgIpc) is 3.28. The first kappa shape index (κ1) is 30.8. The standard InChI is InChI=1S/C38H38B6O2/c1-37(2)38(3,4)46-44(45-37)28-19-26(18-27(20-28)31-32(39)34(41)36(43)35(42)33(31)40)24-13-12-23-17-25(15-14-22(23)16-24)30-11-7-9-21-8-5-6-10-29(21)30/h5-20H,39-43H2,1-4H3. The first-order valence-electron chi connectivity index (χ1n) is 16.4. The summed E-state index contributed by atoms with van der Waals surface area (Å²) in [5, 5.41) is 4.99. The van der Waals surface area contributed by atoms with Gasteiger partial charge in [-0.05, 0) is 106 Å². The SMILES string of the molecule is Bc1c(B)c(B)c(-c2cc(B3OC(C)(C)C(C)(C)O3)cc(-c3ccc4cc(-c5cccc6ccccc56)ccc4c3)c2)c(B)c1B. The predicted molar refractivity (Wildman–Crippen MR) is 214 cm³/mol. The van der Waals surface area contributed by atoms with Crippen molar-refractivity contribution in [1.29, 1.82) is 0 Å². The first-order chi connectivity index (χ1) is 21.8. The molecule has 0 amide bonds. The topological polar surface area (TPSA) is 18.5 Å². The van der Waals surface area contributed by atoms with Crippen LogP contribution in [0.5, 0.6) is 0 Å². The van der Waals surface area contributed by atoms with E-state index in [1.54, 1.807) is 0 Å². The van der Waals surface area contributed by atoms with Crippen molar-refractivity contribution in [3.05, 3.63) is 97.1 Å². The number of hydrogen-bond acceptors (Lipinski definition) is 2. The van der Waals surface area contributed by atoms with Crippen LogP contribution in [-0.4, -0.2) is 57.6 Å². The van der Waals surface area contributed by atoms with Gasteiger partial charge in [0.25, 0.3) is 0 Å². The fourth-order valence-corrected chi connectivity index (χ4v) is 7.08. The molecule has 0 unspecified atom stereocenters. The summed E-state index contributed by atoms with van der Waals surface area (Å²) in [6, 6.07) is 35.7. The van der Waals surface area contributed by atoms with E-state index in [1.807, 2.05) is 0 Å². The lowest BCUT2D eigenvalue weighted by atomic mass is 9.59. The van der Waals surface area contributed by atoms with Crippen LogP contribution >= 0.6 is 0 Å². The van der Waals surface area contributed by atoms with Crippen molar-refractivity contribution in [3.8, 4) is 33.4 Å². The van der Waals surface area contributed by atoms with Crippen molar-refractivity contribution < 1.29 is 9.31 Å². The third-order valence-electron chi connectivity index (χ3n) is 11.0. The van der Waals surface area contributed by atoms with E-state index in [1.165, 1.54) is 76.7 Å². The van der Waals surface area contributed by atoms with Gasteiger partial charge in [0.15, 0.2) is 0 Å². The fourth-order valence-electron chi connectivity index (χ4n) is 7.08. The van der Waals surface area contributed by atoms with E-state index in [-0.39, 0.29) is 0 Å². The summed E-state index contributed by atoms with van der Waals surface area (Å²) in [5.74, 6) is 0. The Morgan fingerprint density at radius 2 is 1.02 bits per heavy atom. The number of hydrogen-bond donors (Lipinski definition) is 0. The summed E-state index contributed by atoms with van der Waals surface area (Å²) in [5.41, 5.74) is 14.3. The van der Waals surface area contributed by atoms with Gasteiger partial charge in [-0.2, -0.15) is 0 Å². The second kappa shape index (κ2) is 11.1. The summed E-state index contributed by atoms with van der Waals surface area (Å²) in [6.07, 6.45) is 0. The molecule has 0 aromatic heterocycles. The third-order valence-corrected chi connectivity index (χ3v) is 11.0. The molecular formula is C38H38B6O2. The van der Waals surface area contributed by atoms with Gasteiger partial charge in [0.1, 0.15) is 39.2 Å². The first-order valence-corrected chi connectivity index (χ1v) is 16.4. The highest BCUT2D eigenvalue weighted by atomic mass is 16.7. The molecule has 0 N–H and O–H groups in total. The zero-order chi connectivity index (χ0) is 32.5. The molecule has 0 bridgehead atoms. The van der Waals surface area contributed by atoms with Crippen LogP contribution in [0, 0.1) is 0 Å². The second-order valence-electron chi connectivity index (χ2n) is 14.2. The largest absolute Gasteiger partial charge is 0.494 e. The van der Waals surface area contributed by atoms with E-state index in [2.05, 4.69) is 164 Å². The summed E-state index contributed by atoms with van der Waals surface area (Å²) >= 11 is 0. The second-order valence-corrected chi connectivity index (χ2v) is 14.2. The Bertz CT molecular complexity index is 2140. The Hall–Kier alpha value is -3.85. The molecule has 0 atom stereocenters. The Morgan fingerprint density at radius 1 is 0.478 bits per heavy atom. The Morgan fingerprint density at radius 3 is 1.70 bits per heavy atom. The van der Waals surface area contributed by atoms with Crippen LogP contribution in [0.2, 0.25) is 0 Å². The molecule has 1 heterocycles. The zero-order valence-corrected chi connectivity index (χ0v) is 28.6. The van der Waals surface area contributed by atoms with Crippen molar-refractivity contribution in [2.24, 2.45) is 0 Å². The predicted octanol–water partition coefficient (Wildman–Crippen LogP) is 0.585. The van der Waals surface area contributed by atoms with Crippen molar-refractivity contribution in [2.75, 3.05) is 0 Å². The Balaban J connectivity index is 1.37. The molecule has 46 heavy (non-hydrogen) atoms. The molecule has 1 aliphatic heterocycles. The quantitative estimate of drug-likeness (QED) is 0.280. The minimum atomic E-state index is -0.444. The molecule has 6 aromatic carbocycles. The minimum absolute atomic E-state index is 0.415. The number of benzene rings is 6. The monoisotopic (exact) mass is 592 g/mol. The molecule has 2 nitrogen and oxygen atoms in total.